The first-order valence-electron chi connectivity index (χ1n) is 7.41. The van der Waals surface area contributed by atoms with E-state index in [1.54, 1.807) is 17.1 Å². The van der Waals surface area contributed by atoms with Gasteiger partial charge in [-0.25, -0.2) is 13.5 Å². The van der Waals surface area contributed by atoms with E-state index in [1.165, 1.54) is 12.1 Å². The fraction of sp³-hybridized carbons (Fsp3) is 0.176. The van der Waals surface area contributed by atoms with Crippen molar-refractivity contribution in [1.82, 2.24) is 20.1 Å². The smallest absolute Gasteiger partial charge is 0.151 e. The number of hydrogen-bond acceptors (Lipinski definition) is 3. The van der Waals surface area contributed by atoms with Crippen molar-refractivity contribution in [1.29, 1.82) is 0 Å². The van der Waals surface area contributed by atoms with Gasteiger partial charge in [-0.15, -0.1) is 0 Å². The summed E-state index contributed by atoms with van der Waals surface area (Å²) in [7, 11) is 0. The number of nitrogens with zero attached hydrogens (tertiary/aromatic N) is 3. The summed E-state index contributed by atoms with van der Waals surface area (Å²) in [5, 5.41) is 7.93. The monoisotopic (exact) mass is 312 g/mol. The Morgan fingerprint density at radius 2 is 1.91 bits per heavy atom. The minimum Gasteiger partial charge on any atom is -0.312 e. The Kier molecular flexibility index (Phi) is 3.38. The topological polar surface area (TPSA) is 42.7 Å². The number of benzene rings is 1. The number of halogens is 2. The molecule has 4 nitrogen and oxygen atoms in total. The zero-order chi connectivity index (χ0) is 15.8. The molecule has 1 N–H and O–H groups in total. The van der Waals surface area contributed by atoms with Gasteiger partial charge in [0, 0.05) is 49.1 Å². The lowest BCUT2D eigenvalue weighted by molar-refractivity contribution is 0.566. The van der Waals surface area contributed by atoms with Crippen LogP contribution in [0.5, 0.6) is 0 Å². The summed E-state index contributed by atoms with van der Waals surface area (Å²) in [5.74, 6) is -1.21. The Balaban J connectivity index is 1.93. The quantitative estimate of drug-likeness (QED) is 0.791. The molecule has 116 valence electrons. The molecule has 1 aliphatic rings. The van der Waals surface area contributed by atoms with Gasteiger partial charge >= 0.3 is 0 Å². The molecule has 0 bridgehead atoms. The summed E-state index contributed by atoms with van der Waals surface area (Å²) in [6.07, 6.45) is 4.15. The third-order valence-electron chi connectivity index (χ3n) is 4.02. The maximum Gasteiger partial charge on any atom is 0.151 e. The van der Waals surface area contributed by atoms with Gasteiger partial charge < -0.3 is 5.32 Å². The van der Waals surface area contributed by atoms with E-state index in [0.29, 0.717) is 6.54 Å². The molecular weight excluding hydrogens is 298 g/mol. The maximum absolute atomic E-state index is 14.2. The van der Waals surface area contributed by atoms with Gasteiger partial charge in [-0.05, 0) is 24.3 Å². The largest absolute Gasteiger partial charge is 0.312 e. The van der Waals surface area contributed by atoms with E-state index in [4.69, 9.17) is 0 Å². The van der Waals surface area contributed by atoms with Crippen molar-refractivity contribution in [2.75, 3.05) is 6.54 Å². The predicted molar refractivity (Wildman–Crippen MR) is 82.1 cm³/mol. The second kappa shape index (κ2) is 5.55. The van der Waals surface area contributed by atoms with Crippen molar-refractivity contribution in [2.24, 2.45) is 0 Å². The number of fused-ring (bicyclic) bond motifs is 1. The van der Waals surface area contributed by atoms with Gasteiger partial charge in [0.25, 0.3) is 0 Å². The van der Waals surface area contributed by atoms with Crippen LogP contribution >= 0.6 is 0 Å². The molecule has 3 heterocycles. The second-order valence-corrected chi connectivity index (χ2v) is 5.44. The van der Waals surface area contributed by atoms with Gasteiger partial charge in [-0.1, -0.05) is 0 Å². The van der Waals surface area contributed by atoms with Crippen molar-refractivity contribution in [2.45, 2.75) is 13.0 Å². The van der Waals surface area contributed by atoms with E-state index in [-0.39, 0.29) is 5.69 Å². The zero-order valence-corrected chi connectivity index (χ0v) is 12.3. The second-order valence-electron chi connectivity index (χ2n) is 5.44. The van der Waals surface area contributed by atoms with Gasteiger partial charge in [-0.3, -0.25) is 4.98 Å². The van der Waals surface area contributed by atoms with Gasteiger partial charge in [0.05, 0.1) is 11.4 Å². The van der Waals surface area contributed by atoms with Crippen LogP contribution in [0.2, 0.25) is 0 Å². The molecule has 0 fully saturated rings. The summed E-state index contributed by atoms with van der Waals surface area (Å²) in [6.45, 7) is 1.48. The number of hydrogen-bond donors (Lipinski definition) is 1. The van der Waals surface area contributed by atoms with Crippen LogP contribution in [0, 0.1) is 11.6 Å². The van der Waals surface area contributed by atoms with Crippen LogP contribution in [-0.2, 0) is 13.0 Å². The highest BCUT2D eigenvalue weighted by atomic mass is 19.1. The highest BCUT2D eigenvalue weighted by Crippen LogP contribution is 2.30. The Bertz CT molecular complexity index is 859. The molecule has 1 aromatic carbocycles. The lowest BCUT2D eigenvalue weighted by Gasteiger charge is -2.16. The van der Waals surface area contributed by atoms with Crippen molar-refractivity contribution in [3.63, 3.8) is 0 Å². The van der Waals surface area contributed by atoms with Crippen molar-refractivity contribution >= 4 is 0 Å². The molecule has 0 spiro atoms. The average Bonchev–Trinajstić information content (AvgIpc) is 2.95. The Morgan fingerprint density at radius 3 is 2.70 bits per heavy atom. The Morgan fingerprint density at radius 1 is 1.09 bits per heavy atom. The molecule has 0 saturated carbocycles. The molecule has 0 saturated heterocycles. The standard InChI is InChI=1S/C17H14F2N4/c18-12-1-2-16(14(19)9-12)23-15-5-8-21-10-13(15)17(22-23)11-3-6-20-7-4-11/h1-4,6-7,9,21H,5,8,10H2. The minimum absolute atomic E-state index is 0.268. The number of nitrogens with one attached hydrogen (secondary N) is 1. The molecule has 0 radical (unpaired) electrons. The van der Waals surface area contributed by atoms with Crippen LogP contribution < -0.4 is 5.32 Å². The summed E-state index contributed by atoms with van der Waals surface area (Å²) in [5.41, 5.74) is 4.01. The predicted octanol–water partition coefficient (Wildman–Crippen LogP) is 2.86. The van der Waals surface area contributed by atoms with Gasteiger partial charge in [-0.2, -0.15) is 5.10 Å². The van der Waals surface area contributed by atoms with E-state index in [9.17, 15) is 8.78 Å². The fourth-order valence-corrected chi connectivity index (χ4v) is 2.94. The Hall–Kier alpha value is -2.60. The van der Waals surface area contributed by atoms with Crippen molar-refractivity contribution in [3.05, 3.63) is 65.6 Å². The lowest BCUT2D eigenvalue weighted by Crippen LogP contribution is -2.24. The number of rotatable bonds is 2. The first-order chi connectivity index (χ1) is 11.2. The molecule has 4 rings (SSSR count). The SMILES string of the molecule is Fc1ccc(-n2nc(-c3ccncc3)c3c2CCNC3)c(F)c1. The van der Waals surface area contributed by atoms with E-state index in [0.717, 1.165) is 41.5 Å². The van der Waals surface area contributed by atoms with Crippen molar-refractivity contribution < 1.29 is 8.78 Å². The average molecular weight is 312 g/mol. The van der Waals surface area contributed by atoms with Crippen LogP contribution in [0.3, 0.4) is 0 Å². The number of pyridine rings is 1. The molecule has 1 aliphatic heterocycles. The Labute approximate surface area is 131 Å². The van der Waals surface area contributed by atoms with E-state index in [2.05, 4.69) is 15.4 Å². The fourth-order valence-electron chi connectivity index (χ4n) is 2.94. The van der Waals surface area contributed by atoms with Gasteiger partial charge in [0.2, 0.25) is 0 Å². The number of aromatic nitrogens is 3. The normalized spacial score (nSPS) is 13.8. The molecule has 0 unspecified atom stereocenters. The molecule has 0 amide bonds. The molecule has 0 atom stereocenters. The first-order valence-corrected chi connectivity index (χ1v) is 7.41. The van der Waals surface area contributed by atoms with Crippen LogP contribution in [0.4, 0.5) is 8.78 Å². The highest BCUT2D eigenvalue weighted by Gasteiger charge is 2.23. The van der Waals surface area contributed by atoms with E-state index in [1.807, 2.05) is 12.1 Å². The first kappa shape index (κ1) is 14.0. The summed E-state index contributed by atoms with van der Waals surface area (Å²) in [4.78, 5) is 4.02. The van der Waals surface area contributed by atoms with E-state index < -0.39 is 11.6 Å². The van der Waals surface area contributed by atoms with Crippen molar-refractivity contribution in [3.8, 4) is 16.9 Å². The molecule has 23 heavy (non-hydrogen) atoms. The molecular formula is C17H14F2N4. The molecule has 6 heteroatoms. The van der Waals surface area contributed by atoms with Gasteiger partial charge in [0.15, 0.2) is 5.82 Å². The summed E-state index contributed by atoms with van der Waals surface area (Å²) >= 11 is 0. The van der Waals surface area contributed by atoms with Crippen LogP contribution in [-0.4, -0.2) is 21.3 Å². The minimum atomic E-state index is -0.616. The maximum atomic E-state index is 14.2. The molecule has 2 aromatic heterocycles. The van der Waals surface area contributed by atoms with Gasteiger partial charge in [0.1, 0.15) is 11.5 Å². The lowest BCUT2D eigenvalue weighted by atomic mass is 10.0. The third-order valence-corrected chi connectivity index (χ3v) is 4.02. The molecule has 3 aromatic rings. The van der Waals surface area contributed by atoms with Crippen LogP contribution in [0.15, 0.2) is 42.7 Å². The summed E-state index contributed by atoms with van der Waals surface area (Å²) < 4.78 is 29.0. The van der Waals surface area contributed by atoms with Crippen LogP contribution in [0.1, 0.15) is 11.3 Å². The zero-order valence-electron chi connectivity index (χ0n) is 12.3. The van der Waals surface area contributed by atoms with Crippen LogP contribution in [0.25, 0.3) is 16.9 Å². The molecule has 0 aliphatic carbocycles. The third kappa shape index (κ3) is 2.41. The summed E-state index contributed by atoms with van der Waals surface area (Å²) in [6, 6.07) is 7.32. The van der Waals surface area contributed by atoms with E-state index >= 15 is 0 Å². The highest BCUT2D eigenvalue weighted by molar-refractivity contribution is 5.65.